The molecule has 22 heavy (non-hydrogen) atoms. The summed E-state index contributed by atoms with van der Waals surface area (Å²) in [5, 5.41) is 3.17. The molecule has 1 N–H and O–H groups in total. The fraction of sp³-hybridized carbons (Fsp3) is 0. The topological polar surface area (TPSA) is 75.4 Å². The van der Waals surface area contributed by atoms with E-state index in [1.165, 1.54) is 6.39 Å². The van der Waals surface area contributed by atoms with Crippen LogP contribution in [0.4, 0.5) is 16.2 Å². The maximum absolute atomic E-state index is 12.2. The van der Waals surface area contributed by atoms with Crippen LogP contribution in [0.5, 0.6) is 0 Å². The average molecular weight is 316 g/mol. The van der Waals surface area contributed by atoms with Gasteiger partial charge in [-0.3, -0.25) is 4.79 Å². The van der Waals surface area contributed by atoms with Crippen LogP contribution in [0.3, 0.4) is 0 Å². The summed E-state index contributed by atoms with van der Waals surface area (Å²) in [5.41, 5.74) is 2.06. The zero-order chi connectivity index (χ0) is 15.5. The Bertz CT molecular complexity index is 829. The molecule has 3 aromatic rings. The van der Waals surface area contributed by atoms with E-state index in [1.54, 1.807) is 42.5 Å². The zero-order valence-electron chi connectivity index (χ0n) is 11.2. The zero-order valence-corrected chi connectivity index (χ0v) is 11.9. The van der Waals surface area contributed by atoms with Crippen LogP contribution in [0.15, 0.2) is 53.3 Å². The van der Waals surface area contributed by atoms with E-state index in [4.69, 9.17) is 16.0 Å². The van der Waals surface area contributed by atoms with Crippen molar-refractivity contribution in [2.24, 2.45) is 0 Å². The normalized spacial score (nSPS) is 10.4. The van der Waals surface area contributed by atoms with Gasteiger partial charge in [0, 0.05) is 10.7 Å². The average Bonchev–Trinajstić information content (AvgIpc) is 2.98. The van der Waals surface area contributed by atoms with Gasteiger partial charge in [0.25, 0.3) is 0 Å². The van der Waals surface area contributed by atoms with Crippen LogP contribution >= 0.6 is 11.6 Å². The molecule has 7 heteroatoms. The highest BCUT2D eigenvalue weighted by Crippen LogP contribution is 2.21. The van der Waals surface area contributed by atoms with Crippen LogP contribution in [0.1, 0.15) is 0 Å². The summed E-state index contributed by atoms with van der Waals surface area (Å²) >= 11 is 5.78. The lowest BCUT2D eigenvalue weighted by atomic mass is 10.2. The van der Waals surface area contributed by atoms with Crippen LogP contribution < -0.4 is 10.2 Å². The highest BCUT2D eigenvalue weighted by Gasteiger charge is 2.16. The molecule has 0 fully saturated rings. The maximum atomic E-state index is 12.2. The Kier molecular flexibility index (Phi) is 3.76. The van der Waals surface area contributed by atoms with Gasteiger partial charge < -0.3 is 9.73 Å². The van der Waals surface area contributed by atoms with Crippen molar-refractivity contribution in [2.45, 2.75) is 0 Å². The summed E-state index contributed by atoms with van der Waals surface area (Å²) in [5.74, 6) is 0. The molecule has 0 saturated carbocycles. The molecule has 0 bridgehead atoms. The van der Waals surface area contributed by atoms with Crippen LogP contribution in [0, 0.1) is 0 Å². The lowest BCUT2D eigenvalue weighted by Gasteiger charge is -2.16. The molecule has 1 heterocycles. The number of hydrogen-bond donors (Lipinski definition) is 1. The fourth-order valence-electron chi connectivity index (χ4n) is 1.94. The lowest BCUT2D eigenvalue weighted by Crippen LogP contribution is -2.33. The van der Waals surface area contributed by atoms with Gasteiger partial charge in [-0.2, -0.15) is 0 Å². The third-order valence-corrected chi connectivity index (χ3v) is 3.26. The number of rotatable bonds is 3. The Labute approximate surface area is 130 Å². The Morgan fingerprint density at radius 1 is 1.23 bits per heavy atom. The third kappa shape index (κ3) is 2.77. The molecule has 0 aliphatic heterocycles. The standard InChI is InChI=1S/C15H10ClN3O3/c16-10-1-3-11(4-2-10)18-15(21)19(9-20)12-5-6-14-13(7-12)17-8-22-14/h1-9H,(H,18,21). The summed E-state index contributed by atoms with van der Waals surface area (Å²) in [4.78, 5) is 28.4. The van der Waals surface area contributed by atoms with E-state index in [0.717, 1.165) is 4.90 Å². The number of amides is 3. The Hall–Kier alpha value is -2.86. The molecule has 0 aliphatic rings. The van der Waals surface area contributed by atoms with Crippen molar-refractivity contribution < 1.29 is 14.0 Å². The van der Waals surface area contributed by atoms with Gasteiger partial charge in [0.1, 0.15) is 5.52 Å². The first-order valence-electron chi connectivity index (χ1n) is 6.32. The molecule has 1 aromatic heterocycles. The number of benzene rings is 2. The molecule has 6 nitrogen and oxygen atoms in total. The number of hydrogen-bond acceptors (Lipinski definition) is 4. The summed E-state index contributed by atoms with van der Waals surface area (Å²) in [7, 11) is 0. The van der Waals surface area contributed by atoms with Crippen molar-refractivity contribution in [3.63, 3.8) is 0 Å². The minimum absolute atomic E-state index is 0.392. The minimum Gasteiger partial charge on any atom is -0.443 e. The van der Waals surface area contributed by atoms with Gasteiger partial charge in [0.05, 0.1) is 5.69 Å². The van der Waals surface area contributed by atoms with Gasteiger partial charge in [-0.15, -0.1) is 0 Å². The number of oxazole rings is 1. The van der Waals surface area contributed by atoms with E-state index in [2.05, 4.69) is 10.3 Å². The molecule has 0 saturated heterocycles. The second-order valence-corrected chi connectivity index (χ2v) is 4.85. The lowest BCUT2D eigenvalue weighted by molar-refractivity contribution is -0.106. The fourth-order valence-corrected chi connectivity index (χ4v) is 2.06. The maximum Gasteiger partial charge on any atom is 0.332 e. The number of urea groups is 1. The van der Waals surface area contributed by atoms with E-state index in [1.807, 2.05) is 0 Å². The molecule has 0 radical (unpaired) electrons. The third-order valence-electron chi connectivity index (χ3n) is 3.01. The first-order valence-corrected chi connectivity index (χ1v) is 6.69. The molecular weight excluding hydrogens is 306 g/mol. The molecule has 0 spiro atoms. The van der Waals surface area contributed by atoms with Gasteiger partial charge in [-0.1, -0.05) is 11.6 Å². The number of anilines is 2. The predicted octanol–water partition coefficient (Wildman–Crippen LogP) is 3.68. The molecule has 3 amide bonds. The molecule has 0 aliphatic carbocycles. The molecule has 0 atom stereocenters. The number of aromatic nitrogens is 1. The van der Waals surface area contributed by atoms with E-state index >= 15 is 0 Å². The van der Waals surface area contributed by atoms with Crippen LogP contribution in [0.25, 0.3) is 11.1 Å². The summed E-state index contributed by atoms with van der Waals surface area (Å²) in [6, 6.07) is 10.8. The van der Waals surface area contributed by atoms with Crippen molar-refractivity contribution in [1.29, 1.82) is 0 Å². The van der Waals surface area contributed by atoms with Crippen molar-refractivity contribution in [3.05, 3.63) is 53.9 Å². The number of carbonyl (C=O) groups is 2. The molecule has 0 unspecified atom stereocenters. The highest BCUT2D eigenvalue weighted by molar-refractivity contribution is 6.30. The van der Waals surface area contributed by atoms with Gasteiger partial charge >= 0.3 is 6.03 Å². The van der Waals surface area contributed by atoms with Crippen molar-refractivity contribution in [1.82, 2.24) is 4.98 Å². The highest BCUT2D eigenvalue weighted by atomic mass is 35.5. The van der Waals surface area contributed by atoms with Crippen LogP contribution in [-0.4, -0.2) is 17.4 Å². The summed E-state index contributed by atoms with van der Waals surface area (Å²) < 4.78 is 5.12. The first kappa shape index (κ1) is 14.1. The Balaban J connectivity index is 1.84. The predicted molar refractivity (Wildman–Crippen MR) is 83.0 cm³/mol. The number of imide groups is 1. The number of halogens is 1. The minimum atomic E-state index is -0.583. The summed E-state index contributed by atoms with van der Waals surface area (Å²) in [6.07, 6.45) is 1.74. The Morgan fingerprint density at radius 3 is 2.73 bits per heavy atom. The first-order chi connectivity index (χ1) is 10.7. The van der Waals surface area contributed by atoms with Crippen LogP contribution in [-0.2, 0) is 4.79 Å². The van der Waals surface area contributed by atoms with Gasteiger partial charge in [-0.25, -0.2) is 14.7 Å². The molecule has 2 aromatic carbocycles. The number of carbonyl (C=O) groups excluding carboxylic acids is 2. The summed E-state index contributed by atoms with van der Waals surface area (Å²) in [6.45, 7) is 0. The molecular formula is C15H10ClN3O3. The SMILES string of the molecule is O=CN(C(=O)Nc1ccc(Cl)cc1)c1ccc2ocnc2c1. The van der Waals surface area contributed by atoms with E-state index in [-0.39, 0.29) is 0 Å². The number of nitrogens with one attached hydrogen (secondary N) is 1. The second-order valence-electron chi connectivity index (χ2n) is 4.42. The van der Waals surface area contributed by atoms with Gasteiger partial charge in [-0.05, 0) is 42.5 Å². The molecule has 110 valence electrons. The number of nitrogens with zero attached hydrogens (tertiary/aromatic N) is 2. The van der Waals surface area contributed by atoms with Crippen molar-refractivity contribution in [2.75, 3.05) is 10.2 Å². The van der Waals surface area contributed by atoms with Crippen molar-refractivity contribution >= 4 is 46.5 Å². The quantitative estimate of drug-likeness (QED) is 0.748. The number of fused-ring (bicyclic) bond motifs is 1. The van der Waals surface area contributed by atoms with Crippen LogP contribution in [0.2, 0.25) is 5.02 Å². The van der Waals surface area contributed by atoms with Crippen molar-refractivity contribution in [3.8, 4) is 0 Å². The molecule has 3 rings (SSSR count). The largest absolute Gasteiger partial charge is 0.443 e. The smallest absolute Gasteiger partial charge is 0.332 e. The van der Waals surface area contributed by atoms with Gasteiger partial charge in [0.15, 0.2) is 12.0 Å². The monoisotopic (exact) mass is 315 g/mol. The van der Waals surface area contributed by atoms with E-state index in [9.17, 15) is 9.59 Å². The Morgan fingerprint density at radius 2 is 2.00 bits per heavy atom. The second kappa shape index (κ2) is 5.87. The van der Waals surface area contributed by atoms with Gasteiger partial charge in [0.2, 0.25) is 6.41 Å². The van der Waals surface area contributed by atoms with E-state index in [0.29, 0.717) is 33.9 Å². The van der Waals surface area contributed by atoms with E-state index < -0.39 is 6.03 Å².